The third kappa shape index (κ3) is 2.77. The first-order chi connectivity index (χ1) is 8.72. The van der Waals surface area contributed by atoms with Crippen molar-refractivity contribution in [1.29, 1.82) is 0 Å². The molecule has 1 amide bonds. The molecule has 1 saturated heterocycles. The van der Waals surface area contributed by atoms with E-state index in [-0.39, 0.29) is 12.0 Å². The number of amides is 1. The number of nitrogens with one attached hydrogen (secondary N) is 2. The number of nitrogen functional groups attached to an aromatic ring is 1. The molecule has 0 radical (unpaired) electrons. The number of hydrogen-bond donors (Lipinski definition) is 3. The maximum Gasteiger partial charge on any atom is 0.253 e. The normalized spacial score (nSPS) is 22.8. The number of hydrogen-bond acceptors (Lipinski definition) is 5. The zero-order chi connectivity index (χ0) is 13.0. The van der Waals surface area contributed by atoms with E-state index in [2.05, 4.69) is 15.7 Å². The second kappa shape index (κ2) is 5.79. The highest BCUT2D eigenvalue weighted by Crippen LogP contribution is 2.19. The predicted octanol–water partition coefficient (Wildman–Crippen LogP) is 0.522. The highest BCUT2D eigenvalue weighted by atomic mass is 16.5. The van der Waals surface area contributed by atoms with Gasteiger partial charge in [0.25, 0.3) is 5.91 Å². The lowest BCUT2D eigenvalue weighted by Gasteiger charge is -2.15. The average Bonchev–Trinajstić information content (AvgIpc) is 2.81. The van der Waals surface area contributed by atoms with E-state index >= 15 is 0 Å². The van der Waals surface area contributed by atoms with E-state index in [1.54, 1.807) is 12.3 Å². The second-order valence-electron chi connectivity index (χ2n) is 4.40. The van der Waals surface area contributed by atoms with E-state index in [1.807, 2.05) is 6.92 Å². The summed E-state index contributed by atoms with van der Waals surface area (Å²) in [6.45, 7) is 3.42. The predicted molar refractivity (Wildman–Crippen MR) is 67.9 cm³/mol. The number of carbonyl (C=O) groups is 1. The fourth-order valence-corrected chi connectivity index (χ4v) is 2.07. The van der Waals surface area contributed by atoms with Crippen molar-refractivity contribution in [1.82, 2.24) is 10.3 Å². The van der Waals surface area contributed by atoms with Crippen molar-refractivity contribution in [3.8, 4) is 0 Å². The number of nitrogens with two attached hydrogens (primary N) is 1. The fraction of sp³-hybridized carbons (Fsp3) is 0.500. The molecule has 0 bridgehead atoms. The standard InChI is InChI=1S/C12H18N4O2/c1-8-9(3-5-18-8)6-15-12(17)10-2-4-14-7-11(10)16-13/h2,4,7-9,16H,3,5-6,13H2,1H3,(H,15,17). The van der Waals surface area contributed by atoms with Crippen LogP contribution in [0.2, 0.25) is 0 Å². The molecule has 2 heterocycles. The lowest BCUT2D eigenvalue weighted by Crippen LogP contribution is -2.32. The van der Waals surface area contributed by atoms with Crippen molar-refractivity contribution in [3.63, 3.8) is 0 Å². The summed E-state index contributed by atoms with van der Waals surface area (Å²) in [5.74, 6) is 5.57. The maximum atomic E-state index is 12.0. The first-order valence-electron chi connectivity index (χ1n) is 6.02. The van der Waals surface area contributed by atoms with Gasteiger partial charge in [0.15, 0.2) is 0 Å². The summed E-state index contributed by atoms with van der Waals surface area (Å²) < 4.78 is 5.45. The van der Waals surface area contributed by atoms with E-state index < -0.39 is 0 Å². The van der Waals surface area contributed by atoms with Crippen LogP contribution in [0.4, 0.5) is 5.69 Å². The Morgan fingerprint density at radius 3 is 3.17 bits per heavy atom. The minimum Gasteiger partial charge on any atom is -0.378 e. The minimum absolute atomic E-state index is 0.149. The lowest BCUT2D eigenvalue weighted by atomic mass is 10.0. The molecule has 1 aromatic heterocycles. The summed E-state index contributed by atoms with van der Waals surface area (Å²) >= 11 is 0. The zero-order valence-electron chi connectivity index (χ0n) is 10.3. The molecule has 18 heavy (non-hydrogen) atoms. The Kier molecular flexibility index (Phi) is 4.11. The summed E-state index contributed by atoms with van der Waals surface area (Å²) in [4.78, 5) is 15.9. The van der Waals surface area contributed by atoms with Crippen molar-refractivity contribution >= 4 is 11.6 Å². The largest absolute Gasteiger partial charge is 0.378 e. The molecule has 2 unspecified atom stereocenters. The first-order valence-corrected chi connectivity index (χ1v) is 6.02. The molecule has 2 atom stereocenters. The van der Waals surface area contributed by atoms with Crippen molar-refractivity contribution in [2.75, 3.05) is 18.6 Å². The van der Waals surface area contributed by atoms with Crippen molar-refractivity contribution in [2.24, 2.45) is 11.8 Å². The van der Waals surface area contributed by atoms with E-state index in [4.69, 9.17) is 10.6 Å². The molecule has 2 rings (SSSR count). The molecule has 1 fully saturated rings. The van der Waals surface area contributed by atoms with Gasteiger partial charge in [-0.25, -0.2) is 0 Å². The molecule has 4 N–H and O–H groups in total. The molecule has 6 nitrogen and oxygen atoms in total. The highest BCUT2D eigenvalue weighted by Gasteiger charge is 2.24. The van der Waals surface area contributed by atoms with Crippen LogP contribution < -0.4 is 16.6 Å². The molecule has 1 aliphatic heterocycles. The van der Waals surface area contributed by atoms with Gasteiger partial charge in [0.1, 0.15) is 0 Å². The van der Waals surface area contributed by atoms with Gasteiger partial charge in [-0.3, -0.25) is 15.6 Å². The van der Waals surface area contributed by atoms with Gasteiger partial charge in [0, 0.05) is 25.3 Å². The number of hydrazine groups is 1. The van der Waals surface area contributed by atoms with Crippen molar-refractivity contribution in [2.45, 2.75) is 19.4 Å². The van der Waals surface area contributed by atoms with Crippen LogP contribution in [0.25, 0.3) is 0 Å². The van der Waals surface area contributed by atoms with Gasteiger partial charge in [-0.15, -0.1) is 0 Å². The van der Waals surface area contributed by atoms with Crippen LogP contribution in [0, 0.1) is 5.92 Å². The van der Waals surface area contributed by atoms with E-state index in [0.29, 0.717) is 23.7 Å². The summed E-state index contributed by atoms with van der Waals surface area (Å²) in [7, 11) is 0. The lowest BCUT2D eigenvalue weighted by molar-refractivity contribution is 0.0908. The van der Waals surface area contributed by atoms with Gasteiger partial charge in [0.05, 0.1) is 23.6 Å². The molecule has 0 spiro atoms. The van der Waals surface area contributed by atoms with Crippen LogP contribution in [0.3, 0.4) is 0 Å². The number of carbonyl (C=O) groups excluding carboxylic acids is 1. The molecule has 0 aromatic carbocycles. The minimum atomic E-state index is -0.149. The topological polar surface area (TPSA) is 89.3 Å². The Bertz CT molecular complexity index is 424. The SMILES string of the molecule is CC1OCCC1CNC(=O)c1ccncc1NN. The monoisotopic (exact) mass is 250 g/mol. The van der Waals surface area contributed by atoms with Gasteiger partial charge >= 0.3 is 0 Å². The van der Waals surface area contributed by atoms with Gasteiger partial charge < -0.3 is 15.5 Å². The summed E-state index contributed by atoms with van der Waals surface area (Å²) in [6, 6.07) is 1.64. The summed E-state index contributed by atoms with van der Waals surface area (Å²) in [6.07, 6.45) is 4.28. The van der Waals surface area contributed by atoms with Crippen molar-refractivity contribution < 1.29 is 9.53 Å². The number of anilines is 1. The fourth-order valence-electron chi connectivity index (χ4n) is 2.07. The Balaban J connectivity index is 1.95. The number of ether oxygens (including phenoxy) is 1. The van der Waals surface area contributed by atoms with Crippen molar-refractivity contribution in [3.05, 3.63) is 24.0 Å². The Hall–Kier alpha value is -1.66. The van der Waals surface area contributed by atoms with Crippen LogP contribution in [0.15, 0.2) is 18.5 Å². The van der Waals surface area contributed by atoms with E-state index in [9.17, 15) is 4.79 Å². The molecule has 98 valence electrons. The van der Waals surface area contributed by atoms with Gasteiger partial charge in [-0.1, -0.05) is 0 Å². The Labute approximate surface area is 106 Å². The summed E-state index contributed by atoms with van der Waals surface area (Å²) in [5.41, 5.74) is 3.48. The smallest absolute Gasteiger partial charge is 0.253 e. The van der Waals surface area contributed by atoms with Crippen LogP contribution in [0.5, 0.6) is 0 Å². The molecular formula is C12H18N4O2. The van der Waals surface area contributed by atoms with Crippen LogP contribution in [-0.2, 0) is 4.74 Å². The third-order valence-electron chi connectivity index (χ3n) is 3.28. The van der Waals surface area contributed by atoms with Crippen LogP contribution in [-0.4, -0.2) is 30.1 Å². The van der Waals surface area contributed by atoms with E-state index in [0.717, 1.165) is 13.0 Å². The van der Waals surface area contributed by atoms with Gasteiger partial charge in [-0.05, 0) is 19.4 Å². The van der Waals surface area contributed by atoms with E-state index in [1.165, 1.54) is 6.20 Å². The average molecular weight is 250 g/mol. The number of pyridine rings is 1. The van der Waals surface area contributed by atoms with Gasteiger partial charge in [-0.2, -0.15) is 0 Å². The highest BCUT2D eigenvalue weighted by molar-refractivity contribution is 5.99. The number of rotatable bonds is 4. The third-order valence-corrected chi connectivity index (χ3v) is 3.28. The number of nitrogens with zero attached hydrogens (tertiary/aromatic N) is 1. The zero-order valence-corrected chi connectivity index (χ0v) is 10.3. The Morgan fingerprint density at radius 1 is 1.67 bits per heavy atom. The molecule has 0 aliphatic carbocycles. The molecule has 0 saturated carbocycles. The Morgan fingerprint density at radius 2 is 2.50 bits per heavy atom. The van der Waals surface area contributed by atoms with Crippen LogP contribution >= 0.6 is 0 Å². The molecule has 1 aliphatic rings. The number of aromatic nitrogens is 1. The maximum absolute atomic E-state index is 12.0. The van der Waals surface area contributed by atoms with Crippen LogP contribution in [0.1, 0.15) is 23.7 Å². The first kappa shape index (κ1) is 12.8. The second-order valence-corrected chi connectivity index (χ2v) is 4.40. The summed E-state index contributed by atoms with van der Waals surface area (Å²) in [5, 5.41) is 2.90. The quantitative estimate of drug-likeness (QED) is 0.535. The molecular weight excluding hydrogens is 232 g/mol. The molecule has 1 aromatic rings. The molecule has 6 heteroatoms. The van der Waals surface area contributed by atoms with Gasteiger partial charge in [0.2, 0.25) is 0 Å².